The van der Waals surface area contributed by atoms with Crippen molar-refractivity contribution in [1.82, 2.24) is 0 Å². The van der Waals surface area contributed by atoms with Gasteiger partial charge in [0.1, 0.15) is 5.75 Å². The highest BCUT2D eigenvalue weighted by molar-refractivity contribution is 5.36. The van der Waals surface area contributed by atoms with Crippen LogP contribution in [0.25, 0.3) is 0 Å². The Hall–Kier alpha value is -1.06. The molecule has 78 valence electrons. The highest BCUT2D eigenvalue weighted by atomic mass is 16.5. The van der Waals surface area contributed by atoms with Gasteiger partial charge in [-0.3, -0.25) is 0 Å². The maximum atomic E-state index is 6.02. The van der Waals surface area contributed by atoms with Crippen molar-refractivity contribution in [3.8, 4) is 5.75 Å². The van der Waals surface area contributed by atoms with Crippen LogP contribution in [0, 0.1) is 0 Å². The summed E-state index contributed by atoms with van der Waals surface area (Å²) in [5.41, 5.74) is 7.00. The first-order valence-electron chi connectivity index (χ1n) is 4.62. The predicted molar refractivity (Wildman–Crippen MR) is 56.4 cm³/mol. The van der Waals surface area contributed by atoms with E-state index in [-0.39, 0.29) is 12.1 Å². The van der Waals surface area contributed by atoms with Gasteiger partial charge in [-0.25, -0.2) is 0 Å². The van der Waals surface area contributed by atoms with Crippen molar-refractivity contribution >= 4 is 0 Å². The second-order valence-electron chi connectivity index (χ2n) is 3.21. The van der Waals surface area contributed by atoms with E-state index in [1.165, 1.54) is 0 Å². The Morgan fingerprint density at radius 3 is 2.43 bits per heavy atom. The molecule has 0 aromatic heterocycles. The molecule has 0 aliphatic carbocycles. The number of para-hydroxylation sites is 1. The molecule has 0 spiro atoms. The minimum Gasteiger partial charge on any atom is -0.496 e. The van der Waals surface area contributed by atoms with Crippen LogP contribution in [0.1, 0.15) is 18.5 Å². The van der Waals surface area contributed by atoms with Crippen LogP contribution in [-0.4, -0.2) is 20.3 Å². The Morgan fingerprint density at radius 1 is 1.21 bits per heavy atom. The highest BCUT2D eigenvalue weighted by Crippen LogP contribution is 2.25. The van der Waals surface area contributed by atoms with E-state index in [0.29, 0.717) is 0 Å². The molecule has 2 atom stereocenters. The van der Waals surface area contributed by atoms with Crippen LogP contribution in [-0.2, 0) is 4.74 Å². The molecular formula is C11H17NO2. The zero-order valence-electron chi connectivity index (χ0n) is 8.86. The number of nitrogens with two attached hydrogens (primary N) is 1. The maximum Gasteiger partial charge on any atom is 0.123 e. The zero-order valence-corrected chi connectivity index (χ0v) is 8.86. The van der Waals surface area contributed by atoms with Gasteiger partial charge in [-0.15, -0.1) is 0 Å². The van der Waals surface area contributed by atoms with Gasteiger partial charge in [-0.1, -0.05) is 18.2 Å². The fraction of sp³-hybridized carbons (Fsp3) is 0.455. The number of rotatable bonds is 4. The molecule has 0 saturated heterocycles. The Morgan fingerprint density at radius 2 is 1.86 bits per heavy atom. The third kappa shape index (κ3) is 2.25. The third-order valence-electron chi connectivity index (χ3n) is 2.38. The van der Waals surface area contributed by atoms with E-state index in [1.807, 2.05) is 31.2 Å². The number of hydrogen-bond acceptors (Lipinski definition) is 3. The van der Waals surface area contributed by atoms with Gasteiger partial charge in [-0.05, 0) is 13.0 Å². The number of ether oxygens (including phenoxy) is 2. The average Bonchev–Trinajstić information content (AvgIpc) is 2.26. The molecule has 2 unspecified atom stereocenters. The fourth-order valence-corrected chi connectivity index (χ4v) is 1.34. The standard InChI is InChI=1S/C11H17NO2/c1-8(13-2)11(12)9-6-4-5-7-10(9)14-3/h4-8,11H,12H2,1-3H3. The van der Waals surface area contributed by atoms with Gasteiger partial charge >= 0.3 is 0 Å². The number of methoxy groups -OCH3 is 2. The van der Waals surface area contributed by atoms with Crippen LogP contribution in [0.3, 0.4) is 0 Å². The summed E-state index contributed by atoms with van der Waals surface area (Å²) in [5.74, 6) is 0.809. The lowest BCUT2D eigenvalue weighted by atomic mass is 10.0. The van der Waals surface area contributed by atoms with Gasteiger partial charge in [0, 0.05) is 12.7 Å². The smallest absolute Gasteiger partial charge is 0.123 e. The maximum absolute atomic E-state index is 6.02. The van der Waals surface area contributed by atoms with Crippen molar-refractivity contribution in [2.24, 2.45) is 5.73 Å². The van der Waals surface area contributed by atoms with E-state index in [2.05, 4.69) is 0 Å². The molecule has 0 radical (unpaired) electrons. The fourth-order valence-electron chi connectivity index (χ4n) is 1.34. The summed E-state index contributed by atoms with van der Waals surface area (Å²) in [7, 11) is 3.29. The zero-order chi connectivity index (χ0) is 10.6. The number of hydrogen-bond donors (Lipinski definition) is 1. The molecule has 3 nitrogen and oxygen atoms in total. The van der Waals surface area contributed by atoms with Crippen LogP contribution in [0.15, 0.2) is 24.3 Å². The van der Waals surface area contributed by atoms with Gasteiger partial charge in [-0.2, -0.15) is 0 Å². The van der Waals surface area contributed by atoms with E-state index in [1.54, 1.807) is 14.2 Å². The van der Waals surface area contributed by atoms with Crippen molar-refractivity contribution in [2.75, 3.05) is 14.2 Å². The Labute approximate surface area is 84.8 Å². The monoisotopic (exact) mass is 195 g/mol. The highest BCUT2D eigenvalue weighted by Gasteiger charge is 2.17. The molecule has 2 N–H and O–H groups in total. The predicted octanol–water partition coefficient (Wildman–Crippen LogP) is 1.73. The van der Waals surface area contributed by atoms with Gasteiger partial charge in [0.05, 0.1) is 19.3 Å². The van der Waals surface area contributed by atoms with Gasteiger partial charge in [0.25, 0.3) is 0 Å². The number of benzene rings is 1. The summed E-state index contributed by atoms with van der Waals surface area (Å²) >= 11 is 0. The van der Waals surface area contributed by atoms with Crippen LogP contribution < -0.4 is 10.5 Å². The van der Waals surface area contributed by atoms with Crippen molar-refractivity contribution in [3.05, 3.63) is 29.8 Å². The quantitative estimate of drug-likeness (QED) is 0.795. The Bertz CT molecular complexity index is 288. The van der Waals surface area contributed by atoms with Gasteiger partial charge in [0.15, 0.2) is 0 Å². The summed E-state index contributed by atoms with van der Waals surface area (Å²) in [6.45, 7) is 1.94. The summed E-state index contributed by atoms with van der Waals surface area (Å²) in [5, 5.41) is 0. The van der Waals surface area contributed by atoms with Crippen LogP contribution >= 0.6 is 0 Å². The van der Waals surface area contributed by atoms with Gasteiger partial charge < -0.3 is 15.2 Å². The van der Waals surface area contributed by atoms with E-state index in [0.717, 1.165) is 11.3 Å². The Kier molecular flexibility index (Phi) is 3.92. The van der Waals surface area contributed by atoms with Crippen LogP contribution in [0.2, 0.25) is 0 Å². The summed E-state index contributed by atoms with van der Waals surface area (Å²) in [4.78, 5) is 0. The van der Waals surface area contributed by atoms with Crippen molar-refractivity contribution in [3.63, 3.8) is 0 Å². The molecule has 0 bridgehead atoms. The molecule has 0 heterocycles. The first kappa shape index (κ1) is 11.0. The van der Waals surface area contributed by atoms with Crippen molar-refractivity contribution in [1.29, 1.82) is 0 Å². The molecule has 1 aromatic rings. The second kappa shape index (κ2) is 4.98. The SMILES string of the molecule is COc1ccccc1C(N)C(C)OC. The van der Waals surface area contributed by atoms with Crippen molar-refractivity contribution < 1.29 is 9.47 Å². The normalized spacial score (nSPS) is 14.9. The van der Waals surface area contributed by atoms with E-state index >= 15 is 0 Å². The lowest BCUT2D eigenvalue weighted by Gasteiger charge is -2.20. The summed E-state index contributed by atoms with van der Waals surface area (Å²) in [6.07, 6.45) is -0.0219. The topological polar surface area (TPSA) is 44.5 Å². The molecule has 3 heteroatoms. The molecule has 0 fully saturated rings. The molecule has 0 aliphatic heterocycles. The molecule has 0 saturated carbocycles. The minimum absolute atomic E-state index is 0.0219. The average molecular weight is 195 g/mol. The molecule has 1 rings (SSSR count). The van der Waals surface area contributed by atoms with Crippen LogP contribution in [0.4, 0.5) is 0 Å². The van der Waals surface area contributed by atoms with E-state index < -0.39 is 0 Å². The van der Waals surface area contributed by atoms with E-state index in [9.17, 15) is 0 Å². The van der Waals surface area contributed by atoms with E-state index in [4.69, 9.17) is 15.2 Å². The Balaban J connectivity index is 2.93. The summed E-state index contributed by atoms with van der Waals surface area (Å²) < 4.78 is 10.4. The first-order valence-corrected chi connectivity index (χ1v) is 4.62. The van der Waals surface area contributed by atoms with Crippen LogP contribution in [0.5, 0.6) is 5.75 Å². The lowest BCUT2D eigenvalue weighted by Crippen LogP contribution is -2.25. The van der Waals surface area contributed by atoms with Gasteiger partial charge in [0.2, 0.25) is 0 Å². The molecular weight excluding hydrogens is 178 g/mol. The molecule has 1 aromatic carbocycles. The largest absolute Gasteiger partial charge is 0.496 e. The van der Waals surface area contributed by atoms with Crippen molar-refractivity contribution in [2.45, 2.75) is 19.1 Å². The second-order valence-corrected chi connectivity index (χ2v) is 3.21. The summed E-state index contributed by atoms with van der Waals surface area (Å²) in [6, 6.07) is 7.57. The lowest BCUT2D eigenvalue weighted by molar-refractivity contribution is 0.0948. The molecule has 0 aliphatic rings. The first-order chi connectivity index (χ1) is 6.70. The third-order valence-corrected chi connectivity index (χ3v) is 2.38. The molecule has 14 heavy (non-hydrogen) atoms. The molecule has 0 amide bonds. The minimum atomic E-state index is -0.156.